The molecule has 20 heavy (non-hydrogen) atoms. The van der Waals surface area contributed by atoms with E-state index in [1.54, 1.807) is 0 Å². The largest absolute Gasteiger partial charge is 0.336 e. The maximum absolute atomic E-state index is 12.4. The summed E-state index contributed by atoms with van der Waals surface area (Å²) in [5.41, 5.74) is 0.439. The van der Waals surface area contributed by atoms with Crippen LogP contribution in [-0.4, -0.2) is 39.1 Å². The van der Waals surface area contributed by atoms with E-state index in [4.69, 9.17) is 0 Å². The molecule has 1 saturated heterocycles. The number of H-pyrrole nitrogens is 1. The lowest BCUT2D eigenvalue weighted by atomic mass is 9.74. The van der Waals surface area contributed by atoms with Gasteiger partial charge >= 0.3 is 0 Å². The third kappa shape index (κ3) is 2.45. The highest BCUT2D eigenvalue weighted by Crippen LogP contribution is 2.39. The minimum absolute atomic E-state index is 0.00560. The molecular formula is C15H24N4O. The zero-order chi connectivity index (χ0) is 14.2. The number of rotatable bonds is 4. The first-order valence-electron chi connectivity index (χ1n) is 7.89. The van der Waals surface area contributed by atoms with Gasteiger partial charge < -0.3 is 4.90 Å². The highest BCUT2D eigenvalue weighted by Gasteiger charge is 2.34. The summed E-state index contributed by atoms with van der Waals surface area (Å²) in [6.45, 7) is 6.21. The monoisotopic (exact) mass is 276 g/mol. The number of hydrogen-bond donors (Lipinski definition) is 1. The van der Waals surface area contributed by atoms with Gasteiger partial charge in [-0.2, -0.15) is 0 Å². The summed E-state index contributed by atoms with van der Waals surface area (Å²) in [5, 5.41) is 7.02. The van der Waals surface area contributed by atoms with Crippen molar-refractivity contribution >= 4 is 5.91 Å². The minimum atomic E-state index is -0.00560. The minimum Gasteiger partial charge on any atom is -0.336 e. The number of nitrogens with zero attached hydrogens (tertiary/aromatic N) is 3. The van der Waals surface area contributed by atoms with Gasteiger partial charge in [0.1, 0.15) is 5.82 Å². The highest BCUT2D eigenvalue weighted by atomic mass is 16.2. The van der Waals surface area contributed by atoms with Crippen LogP contribution >= 0.6 is 0 Å². The number of nitrogens with one attached hydrogen (secondary N) is 1. The number of aromatic nitrogens is 3. The van der Waals surface area contributed by atoms with E-state index in [1.807, 2.05) is 4.90 Å². The normalized spacial score (nSPS) is 22.0. The molecule has 0 spiro atoms. The van der Waals surface area contributed by atoms with E-state index < -0.39 is 0 Å². The van der Waals surface area contributed by atoms with Crippen molar-refractivity contribution in [3.8, 4) is 0 Å². The Morgan fingerprint density at radius 2 is 1.95 bits per heavy atom. The van der Waals surface area contributed by atoms with E-state index in [1.165, 1.54) is 25.7 Å². The predicted octanol–water partition coefficient (Wildman–Crippen LogP) is 2.72. The van der Waals surface area contributed by atoms with Gasteiger partial charge in [0.05, 0.1) is 0 Å². The van der Waals surface area contributed by atoms with E-state index in [-0.39, 0.29) is 5.91 Å². The molecule has 1 aliphatic carbocycles. The average molecular weight is 276 g/mol. The quantitative estimate of drug-likeness (QED) is 0.919. The SMILES string of the molecule is CCC1(CC)CCN(C(=O)c2n[nH]c(C3CC3)n2)CC1. The standard InChI is InChI=1S/C15H24N4O/c1-3-15(4-2)7-9-19(10-8-15)14(20)13-16-12(17-18-13)11-5-6-11/h11H,3-10H2,1-2H3,(H,16,17,18). The number of aromatic amines is 1. The Kier molecular flexibility index (Phi) is 3.52. The molecule has 0 bridgehead atoms. The summed E-state index contributed by atoms with van der Waals surface area (Å²) in [5.74, 6) is 1.75. The second kappa shape index (κ2) is 5.19. The topological polar surface area (TPSA) is 61.9 Å². The van der Waals surface area contributed by atoms with Crippen molar-refractivity contribution in [2.75, 3.05) is 13.1 Å². The molecule has 5 heteroatoms. The molecule has 1 N–H and O–H groups in total. The molecule has 2 fully saturated rings. The van der Waals surface area contributed by atoms with Gasteiger partial charge in [-0.1, -0.05) is 26.7 Å². The summed E-state index contributed by atoms with van der Waals surface area (Å²) in [4.78, 5) is 18.7. The lowest BCUT2D eigenvalue weighted by Crippen LogP contribution is -2.43. The van der Waals surface area contributed by atoms with Gasteiger partial charge in [0.25, 0.3) is 5.91 Å². The lowest BCUT2D eigenvalue weighted by Gasteiger charge is -2.40. The van der Waals surface area contributed by atoms with Gasteiger partial charge in [-0.05, 0) is 31.1 Å². The Hall–Kier alpha value is -1.39. The van der Waals surface area contributed by atoms with Crippen LogP contribution in [0.15, 0.2) is 0 Å². The summed E-state index contributed by atoms with van der Waals surface area (Å²) >= 11 is 0. The first-order valence-corrected chi connectivity index (χ1v) is 7.89. The molecule has 5 nitrogen and oxygen atoms in total. The van der Waals surface area contributed by atoms with Crippen LogP contribution in [0, 0.1) is 5.41 Å². The molecule has 110 valence electrons. The van der Waals surface area contributed by atoms with E-state index >= 15 is 0 Å². The molecule has 1 amide bonds. The maximum atomic E-state index is 12.4. The number of piperidine rings is 1. The number of likely N-dealkylation sites (tertiary alicyclic amines) is 1. The van der Waals surface area contributed by atoms with E-state index in [0.717, 1.165) is 31.8 Å². The van der Waals surface area contributed by atoms with Crippen LogP contribution in [0.3, 0.4) is 0 Å². The zero-order valence-corrected chi connectivity index (χ0v) is 12.5. The van der Waals surface area contributed by atoms with E-state index in [0.29, 0.717) is 17.2 Å². The van der Waals surface area contributed by atoms with Crippen LogP contribution in [0.5, 0.6) is 0 Å². The fourth-order valence-corrected chi connectivity index (χ4v) is 3.19. The van der Waals surface area contributed by atoms with Gasteiger partial charge in [-0.3, -0.25) is 9.89 Å². The Balaban J connectivity index is 1.63. The van der Waals surface area contributed by atoms with Crippen LogP contribution < -0.4 is 0 Å². The fraction of sp³-hybridized carbons (Fsp3) is 0.800. The Morgan fingerprint density at radius 3 is 2.50 bits per heavy atom. The van der Waals surface area contributed by atoms with Crippen molar-refractivity contribution in [1.82, 2.24) is 20.1 Å². The number of carbonyl (C=O) groups excluding carboxylic acids is 1. The smallest absolute Gasteiger partial charge is 0.293 e. The van der Waals surface area contributed by atoms with Crippen LogP contribution in [-0.2, 0) is 0 Å². The summed E-state index contributed by atoms with van der Waals surface area (Å²) < 4.78 is 0. The molecule has 1 aromatic heterocycles. The molecule has 0 radical (unpaired) electrons. The van der Waals surface area contributed by atoms with Crippen molar-refractivity contribution in [1.29, 1.82) is 0 Å². The predicted molar refractivity (Wildman–Crippen MR) is 76.5 cm³/mol. The molecule has 0 aromatic carbocycles. The summed E-state index contributed by atoms with van der Waals surface area (Å²) in [6.07, 6.45) is 6.96. The van der Waals surface area contributed by atoms with Crippen molar-refractivity contribution in [3.63, 3.8) is 0 Å². The molecule has 0 unspecified atom stereocenters. The van der Waals surface area contributed by atoms with Gasteiger partial charge in [-0.15, -0.1) is 5.10 Å². The molecule has 1 saturated carbocycles. The third-order valence-corrected chi connectivity index (χ3v) is 5.27. The van der Waals surface area contributed by atoms with Crippen LogP contribution in [0.2, 0.25) is 0 Å². The van der Waals surface area contributed by atoms with E-state index in [2.05, 4.69) is 29.0 Å². The second-order valence-corrected chi connectivity index (χ2v) is 6.32. The van der Waals surface area contributed by atoms with Crippen LogP contribution in [0.4, 0.5) is 0 Å². The summed E-state index contributed by atoms with van der Waals surface area (Å²) in [7, 11) is 0. The van der Waals surface area contributed by atoms with Gasteiger partial charge in [-0.25, -0.2) is 4.98 Å². The molecule has 1 aromatic rings. The van der Waals surface area contributed by atoms with Gasteiger partial charge in [0, 0.05) is 19.0 Å². The van der Waals surface area contributed by atoms with Gasteiger partial charge in [0.2, 0.25) is 5.82 Å². The Bertz CT molecular complexity index is 478. The maximum Gasteiger partial charge on any atom is 0.293 e. The third-order valence-electron chi connectivity index (χ3n) is 5.27. The molecular weight excluding hydrogens is 252 g/mol. The summed E-state index contributed by atoms with van der Waals surface area (Å²) in [6, 6.07) is 0. The van der Waals surface area contributed by atoms with Crippen molar-refractivity contribution in [2.45, 2.75) is 58.3 Å². The average Bonchev–Trinajstić information content (AvgIpc) is 3.24. The first-order chi connectivity index (χ1) is 9.67. The van der Waals surface area contributed by atoms with Crippen LogP contribution in [0.1, 0.15) is 74.7 Å². The number of hydrogen-bond acceptors (Lipinski definition) is 3. The lowest BCUT2D eigenvalue weighted by molar-refractivity contribution is 0.0547. The van der Waals surface area contributed by atoms with Crippen molar-refractivity contribution < 1.29 is 4.79 Å². The molecule has 2 aliphatic rings. The zero-order valence-electron chi connectivity index (χ0n) is 12.5. The molecule has 2 heterocycles. The van der Waals surface area contributed by atoms with Crippen molar-refractivity contribution in [2.24, 2.45) is 5.41 Å². The van der Waals surface area contributed by atoms with Crippen LogP contribution in [0.25, 0.3) is 0 Å². The van der Waals surface area contributed by atoms with Crippen molar-refractivity contribution in [3.05, 3.63) is 11.6 Å². The van der Waals surface area contributed by atoms with E-state index in [9.17, 15) is 4.79 Å². The Morgan fingerprint density at radius 1 is 1.30 bits per heavy atom. The molecule has 0 atom stereocenters. The fourth-order valence-electron chi connectivity index (χ4n) is 3.19. The molecule has 1 aliphatic heterocycles. The van der Waals surface area contributed by atoms with Gasteiger partial charge in [0.15, 0.2) is 0 Å². The second-order valence-electron chi connectivity index (χ2n) is 6.32. The Labute approximate surface area is 120 Å². The highest BCUT2D eigenvalue weighted by molar-refractivity contribution is 5.90. The first kappa shape index (κ1) is 13.6. The number of carbonyl (C=O) groups is 1. The molecule has 3 rings (SSSR count). The number of amides is 1.